The molecule has 5 heteroatoms. The fourth-order valence-corrected chi connectivity index (χ4v) is 6.76. The number of aromatic nitrogens is 2. The molecule has 1 aromatic rings. The summed E-state index contributed by atoms with van der Waals surface area (Å²) in [4.78, 5) is 0. The smallest absolute Gasteiger partial charge is 0.399 e. The summed E-state index contributed by atoms with van der Waals surface area (Å²) >= 11 is 0. The highest BCUT2D eigenvalue weighted by Gasteiger charge is 2.55. The second-order valence-electron chi connectivity index (χ2n) is 10.9. The lowest BCUT2D eigenvalue weighted by molar-refractivity contribution is -0.0525. The molecule has 5 fully saturated rings. The van der Waals surface area contributed by atoms with Crippen LogP contribution in [0.3, 0.4) is 0 Å². The molecule has 1 N–H and O–H groups in total. The SMILES string of the molecule is Cc1[nH]nc(CC23CC4CC(CC(C4)C2)C3)c1B1OC(C)(C)C(C)(C)O1. The number of H-pyrrole nitrogens is 1. The molecule has 26 heavy (non-hydrogen) atoms. The van der Waals surface area contributed by atoms with E-state index in [9.17, 15) is 0 Å². The lowest BCUT2D eigenvalue weighted by Gasteiger charge is -2.57. The summed E-state index contributed by atoms with van der Waals surface area (Å²) in [5.41, 5.74) is 3.33. The number of rotatable bonds is 3. The third kappa shape index (κ3) is 2.53. The average Bonchev–Trinajstić information content (AvgIpc) is 2.93. The standard InChI is InChI=1S/C21H33BN2O2/c1-13-18(22-25-19(2,3)20(4,5)26-22)17(24-23-13)12-21-9-14-6-15(10-21)8-16(7-14)11-21/h14-16H,6-12H2,1-5H3,(H,23,24). The van der Waals surface area contributed by atoms with Crippen molar-refractivity contribution in [1.82, 2.24) is 10.2 Å². The van der Waals surface area contributed by atoms with Gasteiger partial charge in [0.15, 0.2) is 0 Å². The topological polar surface area (TPSA) is 47.1 Å². The number of nitrogens with zero attached hydrogens (tertiary/aromatic N) is 1. The highest BCUT2D eigenvalue weighted by atomic mass is 16.7. The molecule has 6 rings (SSSR count). The highest BCUT2D eigenvalue weighted by molar-refractivity contribution is 6.63. The van der Waals surface area contributed by atoms with Crippen LogP contribution in [0.4, 0.5) is 0 Å². The third-order valence-electron chi connectivity index (χ3n) is 8.27. The zero-order valence-corrected chi connectivity index (χ0v) is 17.0. The zero-order chi connectivity index (χ0) is 18.3. The van der Waals surface area contributed by atoms with Crippen LogP contribution in [0, 0.1) is 30.1 Å². The highest BCUT2D eigenvalue weighted by Crippen LogP contribution is 2.61. The van der Waals surface area contributed by atoms with Crippen LogP contribution in [-0.2, 0) is 15.7 Å². The van der Waals surface area contributed by atoms with Crippen molar-refractivity contribution < 1.29 is 9.31 Å². The molecular formula is C21H33BN2O2. The molecule has 0 atom stereocenters. The van der Waals surface area contributed by atoms with Gasteiger partial charge in [-0.05, 0) is 103 Å². The molecule has 1 aromatic heterocycles. The fraction of sp³-hybridized carbons (Fsp3) is 0.857. The Bertz CT molecular complexity index is 672. The molecule has 5 aliphatic rings. The van der Waals surface area contributed by atoms with Gasteiger partial charge >= 0.3 is 7.12 Å². The van der Waals surface area contributed by atoms with Crippen molar-refractivity contribution in [3.8, 4) is 0 Å². The molecular weight excluding hydrogens is 323 g/mol. The fourth-order valence-electron chi connectivity index (χ4n) is 6.76. The molecule has 4 nitrogen and oxygen atoms in total. The molecule has 1 aliphatic heterocycles. The van der Waals surface area contributed by atoms with Gasteiger partial charge in [-0.25, -0.2) is 0 Å². The van der Waals surface area contributed by atoms with E-state index in [1.165, 1.54) is 49.7 Å². The van der Waals surface area contributed by atoms with Crippen molar-refractivity contribution in [2.24, 2.45) is 23.2 Å². The summed E-state index contributed by atoms with van der Waals surface area (Å²) in [5.74, 6) is 2.92. The molecule has 0 amide bonds. The number of aryl methyl sites for hydroxylation is 1. The average molecular weight is 356 g/mol. The number of nitrogens with one attached hydrogen (secondary N) is 1. The first-order valence-corrected chi connectivity index (χ1v) is 10.6. The summed E-state index contributed by atoms with van der Waals surface area (Å²) in [6, 6.07) is 0. The third-order valence-corrected chi connectivity index (χ3v) is 8.27. The Morgan fingerprint density at radius 2 is 1.46 bits per heavy atom. The Hall–Kier alpha value is -0.805. The van der Waals surface area contributed by atoms with Gasteiger partial charge in [0.25, 0.3) is 0 Å². The number of aromatic amines is 1. The van der Waals surface area contributed by atoms with Gasteiger partial charge in [0.1, 0.15) is 0 Å². The van der Waals surface area contributed by atoms with E-state index >= 15 is 0 Å². The minimum absolute atomic E-state index is 0.303. The summed E-state index contributed by atoms with van der Waals surface area (Å²) in [6.45, 7) is 10.6. The lowest BCUT2D eigenvalue weighted by Crippen LogP contribution is -2.48. The molecule has 4 aliphatic carbocycles. The Morgan fingerprint density at radius 1 is 0.962 bits per heavy atom. The Morgan fingerprint density at radius 3 is 1.96 bits per heavy atom. The molecule has 0 spiro atoms. The largest absolute Gasteiger partial charge is 0.498 e. The van der Waals surface area contributed by atoms with Crippen LogP contribution < -0.4 is 5.46 Å². The summed E-state index contributed by atoms with van der Waals surface area (Å²) in [5, 5.41) is 7.99. The summed E-state index contributed by atoms with van der Waals surface area (Å²) < 4.78 is 12.7. The maximum atomic E-state index is 6.37. The van der Waals surface area contributed by atoms with Crippen LogP contribution in [0.25, 0.3) is 0 Å². The number of hydrogen-bond donors (Lipinski definition) is 1. The van der Waals surface area contributed by atoms with E-state index in [2.05, 4.69) is 39.7 Å². The van der Waals surface area contributed by atoms with E-state index in [0.29, 0.717) is 5.41 Å². The van der Waals surface area contributed by atoms with Crippen molar-refractivity contribution in [2.75, 3.05) is 0 Å². The van der Waals surface area contributed by atoms with E-state index < -0.39 is 0 Å². The Balaban J connectivity index is 1.44. The normalized spacial score (nSPS) is 39.7. The molecule has 0 aromatic carbocycles. The summed E-state index contributed by atoms with van der Waals surface area (Å²) in [7, 11) is -0.303. The van der Waals surface area contributed by atoms with Gasteiger partial charge < -0.3 is 9.31 Å². The maximum Gasteiger partial charge on any atom is 0.498 e. The van der Waals surface area contributed by atoms with Crippen molar-refractivity contribution in [3.63, 3.8) is 0 Å². The Labute approximate surface area is 157 Å². The first-order valence-electron chi connectivity index (χ1n) is 10.6. The second-order valence-corrected chi connectivity index (χ2v) is 10.9. The van der Waals surface area contributed by atoms with Crippen molar-refractivity contribution >= 4 is 12.6 Å². The molecule has 2 heterocycles. The Kier molecular flexibility index (Phi) is 3.58. The molecule has 0 unspecified atom stereocenters. The monoisotopic (exact) mass is 356 g/mol. The molecule has 0 radical (unpaired) electrons. The first-order chi connectivity index (χ1) is 12.2. The first kappa shape index (κ1) is 17.3. The maximum absolute atomic E-state index is 6.37. The minimum atomic E-state index is -0.306. The van der Waals surface area contributed by atoms with E-state index in [1.54, 1.807) is 0 Å². The van der Waals surface area contributed by atoms with Gasteiger partial charge in [-0.3, -0.25) is 5.10 Å². The van der Waals surface area contributed by atoms with E-state index in [1.807, 2.05) is 0 Å². The van der Waals surface area contributed by atoms with Crippen LogP contribution in [0.15, 0.2) is 0 Å². The van der Waals surface area contributed by atoms with Crippen LogP contribution in [0.1, 0.15) is 77.6 Å². The van der Waals surface area contributed by atoms with Crippen LogP contribution in [-0.4, -0.2) is 28.5 Å². The van der Waals surface area contributed by atoms with E-state index in [4.69, 9.17) is 14.4 Å². The lowest BCUT2D eigenvalue weighted by atomic mass is 9.48. The van der Waals surface area contributed by atoms with Crippen LogP contribution in [0.2, 0.25) is 0 Å². The molecule has 1 saturated heterocycles. The zero-order valence-electron chi connectivity index (χ0n) is 17.0. The molecule has 4 bridgehead atoms. The van der Waals surface area contributed by atoms with E-state index in [0.717, 1.165) is 29.9 Å². The second kappa shape index (κ2) is 5.38. The molecule has 142 valence electrons. The van der Waals surface area contributed by atoms with Gasteiger partial charge in [-0.1, -0.05) is 0 Å². The summed E-state index contributed by atoms with van der Waals surface area (Å²) in [6.07, 6.45) is 9.80. The predicted molar refractivity (Wildman–Crippen MR) is 103 cm³/mol. The van der Waals surface area contributed by atoms with Crippen LogP contribution >= 0.6 is 0 Å². The van der Waals surface area contributed by atoms with Gasteiger partial charge in [0, 0.05) is 11.2 Å². The van der Waals surface area contributed by atoms with Crippen molar-refractivity contribution in [1.29, 1.82) is 0 Å². The van der Waals surface area contributed by atoms with Gasteiger partial charge in [0.05, 0.1) is 16.9 Å². The van der Waals surface area contributed by atoms with Gasteiger partial charge in [0.2, 0.25) is 0 Å². The molecule has 4 saturated carbocycles. The van der Waals surface area contributed by atoms with Crippen molar-refractivity contribution in [3.05, 3.63) is 11.4 Å². The van der Waals surface area contributed by atoms with Crippen molar-refractivity contribution in [2.45, 2.75) is 90.8 Å². The quantitative estimate of drug-likeness (QED) is 0.839. The minimum Gasteiger partial charge on any atom is -0.399 e. The van der Waals surface area contributed by atoms with Crippen LogP contribution in [0.5, 0.6) is 0 Å². The van der Waals surface area contributed by atoms with Gasteiger partial charge in [-0.2, -0.15) is 5.10 Å². The van der Waals surface area contributed by atoms with E-state index in [-0.39, 0.29) is 18.3 Å². The predicted octanol–water partition coefficient (Wildman–Crippen LogP) is 3.78. The number of hydrogen-bond acceptors (Lipinski definition) is 3. The van der Waals surface area contributed by atoms with Gasteiger partial charge in [-0.15, -0.1) is 0 Å².